The Morgan fingerprint density at radius 2 is 1.90 bits per heavy atom. The first kappa shape index (κ1) is 14.3. The van der Waals surface area contributed by atoms with E-state index in [2.05, 4.69) is 26.0 Å². The zero-order chi connectivity index (χ0) is 14.7. The molecule has 5 nitrogen and oxygen atoms in total. The molecule has 0 bridgehead atoms. The Hall–Kier alpha value is -2.14. The average molecular weight is 274 g/mol. The molecular weight excluding hydrogens is 256 g/mol. The summed E-state index contributed by atoms with van der Waals surface area (Å²) < 4.78 is 5.17. The number of nitrogens with two attached hydrogens (primary N) is 1. The van der Waals surface area contributed by atoms with Crippen LogP contribution in [-0.4, -0.2) is 4.92 Å². The van der Waals surface area contributed by atoms with E-state index in [1.807, 2.05) is 6.07 Å². The fourth-order valence-corrected chi connectivity index (χ4v) is 2.29. The predicted octanol–water partition coefficient (Wildman–Crippen LogP) is 3.36. The van der Waals surface area contributed by atoms with Gasteiger partial charge in [0.2, 0.25) is 0 Å². The van der Waals surface area contributed by atoms with Crippen molar-refractivity contribution in [3.8, 4) is 0 Å². The van der Waals surface area contributed by atoms with Crippen LogP contribution in [0.25, 0.3) is 0 Å². The molecule has 0 saturated heterocycles. The number of rotatable bonds is 5. The second-order valence-electron chi connectivity index (χ2n) is 4.65. The number of nitro groups is 1. The van der Waals surface area contributed by atoms with Crippen molar-refractivity contribution >= 4 is 5.88 Å². The van der Waals surface area contributed by atoms with E-state index < -0.39 is 11.0 Å². The quantitative estimate of drug-likeness (QED) is 0.669. The summed E-state index contributed by atoms with van der Waals surface area (Å²) in [5, 5.41) is 10.6. The summed E-state index contributed by atoms with van der Waals surface area (Å²) in [5.41, 5.74) is 9.59. The van der Waals surface area contributed by atoms with Crippen LogP contribution in [0.15, 0.2) is 34.7 Å². The lowest BCUT2D eigenvalue weighted by molar-refractivity contribution is -0.402. The topological polar surface area (TPSA) is 82.3 Å². The zero-order valence-corrected chi connectivity index (χ0v) is 11.6. The number of nitrogens with zero attached hydrogens (tertiary/aromatic N) is 1. The van der Waals surface area contributed by atoms with Gasteiger partial charge in [0.05, 0.1) is 12.1 Å². The van der Waals surface area contributed by atoms with Gasteiger partial charge < -0.3 is 10.2 Å². The molecule has 1 atom stereocenters. The molecule has 2 N–H and O–H groups in total. The molecule has 1 heterocycles. The number of furan rings is 1. The second-order valence-corrected chi connectivity index (χ2v) is 4.65. The summed E-state index contributed by atoms with van der Waals surface area (Å²) in [4.78, 5) is 10.1. The van der Waals surface area contributed by atoms with Gasteiger partial charge >= 0.3 is 5.88 Å². The molecule has 5 heteroatoms. The Kier molecular flexibility index (Phi) is 4.20. The molecule has 0 amide bonds. The van der Waals surface area contributed by atoms with Crippen molar-refractivity contribution in [3.05, 3.63) is 62.9 Å². The first-order chi connectivity index (χ1) is 9.56. The monoisotopic (exact) mass is 274 g/mol. The van der Waals surface area contributed by atoms with Gasteiger partial charge in [-0.1, -0.05) is 32.0 Å². The highest BCUT2D eigenvalue weighted by atomic mass is 16.6. The summed E-state index contributed by atoms with van der Waals surface area (Å²) >= 11 is 0. The van der Waals surface area contributed by atoms with Crippen LogP contribution < -0.4 is 5.73 Å². The Labute approximate surface area is 117 Å². The summed E-state index contributed by atoms with van der Waals surface area (Å²) in [6.07, 6.45) is 1.91. The number of aryl methyl sites for hydroxylation is 2. The maximum atomic E-state index is 10.6. The van der Waals surface area contributed by atoms with Crippen LogP contribution in [0.4, 0.5) is 5.88 Å². The van der Waals surface area contributed by atoms with E-state index >= 15 is 0 Å². The standard InChI is InChI=1S/C15H18N2O3/c1-3-10-5-6-12(9-11(10)4-2)15(16)13-7-8-14(20-13)17(18)19/h5-9,15H,3-4,16H2,1-2H3. The van der Waals surface area contributed by atoms with E-state index in [4.69, 9.17) is 10.2 Å². The zero-order valence-electron chi connectivity index (χ0n) is 11.6. The molecule has 2 aromatic rings. The molecule has 1 aromatic carbocycles. The Balaban J connectivity index is 2.32. The SMILES string of the molecule is CCc1ccc(C(N)c2ccc([N+](=O)[O-])o2)cc1CC. The van der Waals surface area contributed by atoms with Crippen LogP contribution in [0, 0.1) is 10.1 Å². The number of hydrogen-bond donors (Lipinski definition) is 1. The maximum absolute atomic E-state index is 10.6. The van der Waals surface area contributed by atoms with Gasteiger partial charge in [0, 0.05) is 0 Å². The smallest absolute Gasteiger partial charge is 0.404 e. The van der Waals surface area contributed by atoms with Crippen molar-refractivity contribution in [3.63, 3.8) is 0 Å². The predicted molar refractivity (Wildman–Crippen MR) is 76.6 cm³/mol. The van der Waals surface area contributed by atoms with Crippen LogP contribution in [0.5, 0.6) is 0 Å². The third-order valence-corrected chi connectivity index (χ3v) is 3.45. The largest absolute Gasteiger partial charge is 0.433 e. The second kappa shape index (κ2) is 5.88. The van der Waals surface area contributed by atoms with Crippen molar-refractivity contribution in [1.29, 1.82) is 0 Å². The van der Waals surface area contributed by atoms with Crippen LogP contribution in [-0.2, 0) is 12.8 Å². The van der Waals surface area contributed by atoms with Crippen LogP contribution in [0.1, 0.15) is 42.3 Å². The number of hydrogen-bond acceptors (Lipinski definition) is 4. The summed E-state index contributed by atoms with van der Waals surface area (Å²) in [6, 6.07) is 8.47. The molecule has 106 valence electrons. The van der Waals surface area contributed by atoms with E-state index in [0.717, 1.165) is 18.4 Å². The van der Waals surface area contributed by atoms with Gasteiger partial charge in [-0.05, 0) is 35.6 Å². The Bertz CT molecular complexity index is 619. The van der Waals surface area contributed by atoms with Crippen LogP contribution in [0.3, 0.4) is 0 Å². The first-order valence-electron chi connectivity index (χ1n) is 6.68. The molecule has 2 rings (SSSR count). The molecule has 20 heavy (non-hydrogen) atoms. The molecule has 0 saturated carbocycles. The lowest BCUT2D eigenvalue weighted by Crippen LogP contribution is -2.11. The van der Waals surface area contributed by atoms with Gasteiger partial charge in [-0.15, -0.1) is 0 Å². The van der Waals surface area contributed by atoms with Crippen LogP contribution >= 0.6 is 0 Å². The van der Waals surface area contributed by atoms with E-state index in [1.54, 1.807) is 6.07 Å². The highest BCUT2D eigenvalue weighted by Gasteiger charge is 2.18. The molecular formula is C15H18N2O3. The molecule has 1 aromatic heterocycles. The van der Waals surface area contributed by atoms with Gasteiger partial charge in [0.15, 0.2) is 0 Å². The molecule has 0 aliphatic heterocycles. The van der Waals surface area contributed by atoms with Crippen molar-refractivity contribution in [2.45, 2.75) is 32.7 Å². The molecule has 0 fully saturated rings. The number of benzene rings is 1. The highest BCUT2D eigenvalue weighted by molar-refractivity contribution is 5.37. The van der Waals surface area contributed by atoms with Crippen molar-refractivity contribution in [2.75, 3.05) is 0 Å². The van der Waals surface area contributed by atoms with Crippen LogP contribution in [0.2, 0.25) is 0 Å². The highest BCUT2D eigenvalue weighted by Crippen LogP contribution is 2.26. The molecule has 0 aliphatic carbocycles. The molecule has 0 radical (unpaired) electrons. The van der Waals surface area contributed by atoms with Gasteiger partial charge in [-0.3, -0.25) is 10.1 Å². The fourth-order valence-electron chi connectivity index (χ4n) is 2.29. The van der Waals surface area contributed by atoms with E-state index in [-0.39, 0.29) is 5.88 Å². The van der Waals surface area contributed by atoms with Crippen molar-refractivity contribution in [1.82, 2.24) is 0 Å². The molecule has 0 spiro atoms. The lowest BCUT2D eigenvalue weighted by Gasteiger charge is -2.13. The Morgan fingerprint density at radius 1 is 1.20 bits per heavy atom. The third-order valence-electron chi connectivity index (χ3n) is 3.45. The van der Waals surface area contributed by atoms with Crippen molar-refractivity contribution < 1.29 is 9.34 Å². The van der Waals surface area contributed by atoms with Crippen molar-refractivity contribution in [2.24, 2.45) is 5.73 Å². The van der Waals surface area contributed by atoms with E-state index in [9.17, 15) is 10.1 Å². The van der Waals surface area contributed by atoms with E-state index in [1.165, 1.54) is 17.2 Å². The minimum Gasteiger partial charge on any atom is -0.404 e. The maximum Gasteiger partial charge on any atom is 0.433 e. The molecule has 0 aliphatic rings. The summed E-state index contributed by atoms with van der Waals surface area (Å²) in [6.45, 7) is 4.21. The first-order valence-corrected chi connectivity index (χ1v) is 6.68. The summed E-state index contributed by atoms with van der Waals surface area (Å²) in [7, 11) is 0. The minimum atomic E-state index is -0.562. The Morgan fingerprint density at radius 3 is 2.45 bits per heavy atom. The minimum absolute atomic E-state index is 0.281. The van der Waals surface area contributed by atoms with Gasteiger partial charge in [0.1, 0.15) is 10.7 Å². The third kappa shape index (κ3) is 2.72. The average Bonchev–Trinajstić information content (AvgIpc) is 2.95. The summed E-state index contributed by atoms with van der Waals surface area (Å²) in [5.74, 6) is 0.124. The lowest BCUT2D eigenvalue weighted by atomic mass is 9.96. The van der Waals surface area contributed by atoms with Gasteiger partial charge in [0.25, 0.3) is 0 Å². The molecule has 1 unspecified atom stereocenters. The fraction of sp³-hybridized carbons (Fsp3) is 0.333. The van der Waals surface area contributed by atoms with Gasteiger partial charge in [-0.25, -0.2) is 0 Å². The van der Waals surface area contributed by atoms with E-state index in [0.29, 0.717) is 5.76 Å². The van der Waals surface area contributed by atoms with Gasteiger partial charge in [-0.2, -0.15) is 0 Å². The normalized spacial score (nSPS) is 12.3.